The van der Waals surface area contributed by atoms with Crippen LogP contribution in [0.2, 0.25) is 0 Å². The van der Waals surface area contributed by atoms with Gasteiger partial charge >= 0.3 is 0 Å². The third-order valence-corrected chi connectivity index (χ3v) is 3.28. The van der Waals surface area contributed by atoms with Gasteiger partial charge in [0.25, 0.3) is 0 Å². The van der Waals surface area contributed by atoms with Crippen molar-refractivity contribution in [1.29, 1.82) is 0 Å². The van der Waals surface area contributed by atoms with Crippen molar-refractivity contribution in [3.8, 4) is 0 Å². The first-order valence-corrected chi connectivity index (χ1v) is 5.77. The Morgan fingerprint density at radius 2 is 2.35 bits per heavy atom. The normalized spacial score (nSPS) is 21.1. The molecular formula is C12H14N4O. The van der Waals surface area contributed by atoms with Crippen LogP contribution in [0.25, 0.3) is 5.65 Å². The zero-order valence-corrected chi connectivity index (χ0v) is 9.71. The first kappa shape index (κ1) is 10.4. The number of fused-ring (bicyclic) bond motifs is 1. The van der Waals surface area contributed by atoms with Crippen LogP contribution in [0.4, 0.5) is 0 Å². The zero-order chi connectivity index (χ0) is 11.8. The lowest BCUT2D eigenvalue weighted by molar-refractivity contribution is 0.111. The minimum atomic E-state index is 0.388. The van der Waals surface area contributed by atoms with Gasteiger partial charge in [-0.2, -0.15) is 5.10 Å². The molecule has 0 aromatic carbocycles. The Kier molecular flexibility index (Phi) is 2.40. The van der Waals surface area contributed by atoms with E-state index in [9.17, 15) is 4.79 Å². The molecule has 0 amide bonds. The summed E-state index contributed by atoms with van der Waals surface area (Å²) in [5.74, 6) is 1.24. The Morgan fingerprint density at radius 3 is 3.06 bits per heavy atom. The maximum absolute atomic E-state index is 10.9. The number of pyridine rings is 1. The minimum absolute atomic E-state index is 0.388. The Morgan fingerprint density at radius 1 is 1.47 bits per heavy atom. The number of hydrogen-bond donors (Lipinski definition) is 0. The molecule has 1 fully saturated rings. The van der Waals surface area contributed by atoms with Gasteiger partial charge in [-0.05, 0) is 32.1 Å². The summed E-state index contributed by atoms with van der Waals surface area (Å²) in [5.41, 5.74) is 1.30. The number of hydrogen-bond acceptors (Lipinski definition) is 4. The summed E-state index contributed by atoms with van der Waals surface area (Å²) in [6.07, 6.45) is 1.90. The van der Waals surface area contributed by atoms with E-state index in [0.717, 1.165) is 37.3 Å². The first-order valence-electron chi connectivity index (χ1n) is 5.77. The molecular weight excluding hydrogens is 216 g/mol. The second-order valence-electron chi connectivity index (χ2n) is 4.56. The molecule has 1 aliphatic heterocycles. The molecule has 17 heavy (non-hydrogen) atoms. The Bertz CT molecular complexity index is 563. The highest BCUT2D eigenvalue weighted by atomic mass is 16.1. The summed E-state index contributed by atoms with van der Waals surface area (Å²) in [7, 11) is 2.10. The summed E-state index contributed by atoms with van der Waals surface area (Å²) in [6.45, 7) is 2.08. The predicted octanol–water partition coefficient (Wildman–Crippen LogP) is 0.961. The van der Waals surface area contributed by atoms with Crippen LogP contribution >= 0.6 is 0 Å². The minimum Gasteiger partial charge on any atom is -0.306 e. The molecule has 2 aromatic heterocycles. The molecule has 2 aromatic rings. The van der Waals surface area contributed by atoms with Crippen LogP contribution in [0.15, 0.2) is 18.2 Å². The van der Waals surface area contributed by atoms with E-state index in [0.29, 0.717) is 11.6 Å². The number of aldehydes is 1. The highest BCUT2D eigenvalue weighted by molar-refractivity contribution is 5.73. The summed E-state index contributed by atoms with van der Waals surface area (Å²) >= 11 is 0. The highest BCUT2D eigenvalue weighted by Crippen LogP contribution is 2.24. The molecule has 5 heteroatoms. The molecule has 0 saturated carbocycles. The van der Waals surface area contributed by atoms with Crippen LogP contribution in [-0.2, 0) is 0 Å². The molecule has 1 aliphatic rings. The van der Waals surface area contributed by atoms with Gasteiger partial charge in [0.05, 0.1) is 0 Å². The number of carbonyl (C=O) groups is 1. The summed E-state index contributed by atoms with van der Waals surface area (Å²) in [5, 5.41) is 4.45. The summed E-state index contributed by atoms with van der Waals surface area (Å²) < 4.78 is 1.63. The largest absolute Gasteiger partial charge is 0.306 e. The van der Waals surface area contributed by atoms with E-state index >= 15 is 0 Å². The Hall–Kier alpha value is -1.75. The van der Waals surface area contributed by atoms with Crippen LogP contribution in [0, 0.1) is 0 Å². The summed E-state index contributed by atoms with van der Waals surface area (Å²) in [4.78, 5) is 17.7. The van der Waals surface area contributed by atoms with Gasteiger partial charge in [0.1, 0.15) is 5.69 Å². The van der Waals surface area contributed by atoms with Gasteiger partial charge in [0.15, 0.2) is 17.8 Å². The van der Waals surface area contributed by atoms with Gasteiger partial charge in [-0.25, -0.2) is 9.50 Å². The second kappa shape index (κ2) is 3.92. The fourth-order valence-corrected chi connectivity index (χ4v) is 2.35. The molecule has 0 bridgehead atoms. The van der Waals surface area contributed by atoms with E-state index < -0.39 is 0 Å². The number of likely N-dealkylation sites (N-methyl/N-ethyl adjacent to an activating group) is 1. The van der Waals surface area contributed by atoms with Gasteiger partial charge in [0.2, 0.25) is 0 Å². The molecule has 3 heterocycles. The first-order chi connectivity index (χ1) is 8.28. The lowest BCUT2D eigenvalue weighted by Gasteiger charge is -2.05. The van der Waals surface area contributed by atoms with Crippen molar-refractivity contribution in [1.82, 2.24) is 19.5 Å². The monoisotopic (exact) mass is 230 g/mol. The quantitative estimate of drug-likeness (QED) is 0.721. The molecule has 0 aliphatic carbocycles. The Labute approximate surface area is 99.1 Å². The maximum atomic E-state index is 10.9. The number of aromatic nitrogens is 3. The topological polar surface area (TPSA) is 50.5 Å². The fraction of sp³-hybridized carbons (Fsp3) is 0.417. The molecule has 1 unspecified atom stereocenters. The molecule has 88 valence electrons. The lowest BCUT2D eigenvalue weighted by atomic mass is 10.1. The molecule has 0 spiro atoms. The smallest absolute Gasteiger partial charge is 0.168 e. The fourth-order valence-electron chi connectivity index (χ4n) is 2.35. The van der Waals surface area contributed by atoms with Crippen molar-refractivity contribution >= 4 is 11.9 Å². The van der Waals surface area contributed by atoms with Gasteiger partial charge in [-0.1, -0.05) is 6.07 Å². The number of carbonyl (C=O) groups excluding carboxylic acids is 1. The van der Waals surface area contributed by atoms with Gasteiger partial charge in [-0.3, -0.25) is 4.79 Å². The van der Waals surface area contributed by atoms with Crippen molar-refractivity contribution in [3.05, 3.63) is 29.7 Å². The van der Waals surface area contributed by atoms with Gasteiger partial charge in [-0.15, -0.1) is 0 Å². The third-order valence-electron chi connectivity index (χ3n) is 3.28. The SMILES string of the molecule is CN1CCC(c2nc3cccc(C=O)n3n2)C1. The van der Waals surface area contributed by atoms with Crippen LogP contribution < -0.4 is 0 Å². The average molecular weight is 230 g/mol. The number of likely N-dealkylation sites (tertiary alicyclic amines) is 1. The van der Waals surface area contributed by atoms with Gasteiger partial charge in [0, 0.05) is 12.5 Å². The second-order valence-corrected chi connectivity index (χ2v) is 4.56. The highest BCUT2D eigenvalue weighted by Gasteiger charge is 2.25. The molecule has 3 rings (SSSR count). The molecule has 0 N–H and O–H groups in total. The van der Waals surface area contributed by atoms with E-state index in [4.69, 9.17) is 0 Å². The summed E-state index contributed by atoms with van der Waals surface area (Å²) in [6, 6.07) is 5.46. The van der Waals surface area contributed by atoms with Gasteiger partial charge < -0.3 is 4.90 Å². The zero-order valence-electron chi connectivity index (χ0n) is 9.71. The van der Waals surface area contributed by atoms with Crippen molar-refractivity contribution in [2.45, 2.75) is 12.3 Å². The lowest BCUT2D eigenvalue weighted by Crippen LogP contribution is -2.13. The molecule has 0 radical (unpaired) electrons. The standard InChI is InChI=1S/C12H14N4O/c1-15-6-5-9(7-15)12-13-11-4-2-3-10(8-17)16(11)14-12/h2-4,8-9H,5-7H2,1H3. The number of rotatable bonds is 2. The molecule has 1 saturated heterocycles. The maximum Gasteiger partial charge on any atom is 0.168 e. The van der Waals surface area contributed by atoms with Crippen molar-refractivity contribution < 1.29 is 4.79 Å². The third kappa shape index (κ3) is 1.72. The van der Waals surface area contributed by atoms with E-state index in [-0.39, 0.29) is 0 Å². The average Bonchev–Trinajstić information content (AvgIpc) is 2.93. The van der Waals surface area contributed by atoms with E-state index in [1.165, 1.54) is 0 Å². The van der Waals surface area contributed by atoms with Crippen molar-refractivity contribution in [3.63, 3.8) is 0 Å². The van der Waals surface area contributed by atoms with E-state index in [1.807, 2.05) is 12.1 Å². The van der Waals surface area contributed by atoms with E-state index in [2.05, 4.69) is 22.0 Å². The van der Waals surface area contributed by atoms with E-state index in [1.54, 1.807) is 10.6 Å². The van der Waals surface area contributed by atoms with Crippen molar-refractivity contribution in [2.24, 2.45) is 0 Å². The van der Waals surface area contributed by atoms with Crippen LogP contribution in [0.3, 0.4) is 0 Å². The van der Waals surface area contributed by atoms with Crippen LogP contribution in [-0.4, -0.2) is 45.9 Å². The van der Waals surface area contributed by atoms with Crippen LogP contribution in [0.5, 0.6) is 0 Å². The molecule has 5 nitrogen and oxygen atoms in total. The number of nitrogens with zero attached hydrogens (tertiary/aromatic N) is 4. The predicted molar refractivity (Wildman–Crippen MR) is 63.2 cm³/mol. The molecule has 1 atom stereocenters. The van der Waals surface area contributed by atoms with Crippen molar-refractivity contribution in [2.75, 3.05) is 20.1 Å². The van der Waals surface area contributed by atoms with Crippen LogP contribution in [0.1, 0.15) is 28.7 Å². The Balaban J connectivity index is 2.04.